The normalized spacial score (nSPS) is 11.0. The average Bonchev–Trinajstić information content (AvgIpc) is 3.22. The lowest BCUT2D eigenvalue weighted by atomic mass is 10.2. The number of ether oxygens (including phenoxy) is 2. The van der Waals surface area contributed by atoms with Gasteiger partial charge in [0.25, 0.3) is 5.69 Å². The number of H-pyrrole nitrogens is 1. The predicted molar refractivity (Wildman–Crippen MR) is 134 cm³/mol. The summed E-state index contributed by atoms with van der Waals surface area (Å²) < 4.78 is 13.9. The van der Waals surface area contributed by atoms with Crippen LogP contribution in [0.2, 0.25) is 0 Å². The number of hydrogen-bond acceptors (Lipinski definition) is 7. The molecule has 0 spiro atoms. The summed E-state index contributed by atoms with van der Waals surface area (Å²) in [6.07, 6.45) is 1.63. The fourth-order valence-electron chi connectivity index (χ4n) is 3.17. The van der Waals surface area contributed by atoms with Crippen molar-refractivity contribution in [3.8, 4) is 22.9 Å². The molecule has 9 nitrogen and oxygen atoms in total. The van der Waals surface area contributed by atoms with Gasteiger partial charge in [0.15, 0.2) is 17.3 Å². The number of nitro groups is 1. The third-order valence-electron chi connectivity index (χ3n) is 4.76. The van der Waals surface area contributed by atoms with Gasteiger partial charge in [0.05, 0.1) is 22.7 Å². The smallest absolute Gasteiger partial charge is 0.269 e. The van der Waals surface area contributed by atoms with E-state index in [9.17, 15) is 10.1 Å². The van der Waals surface area contributed by atoms with E-state index in [0.29, 0.717) is 32.1 Å². The number of aromatic amines is 1. The van der Waals surface area contributed by atoms with Gasteiger partial charge in [-0.2, -0.15) is 14.9 Å². The van der Waals surface area contributed by atoms with Crippen LogP contribution in [0.1, 0.15) is 11.1 Å². The first-order valence-corrected chi connectivity index (χ1v) is 11.2. The van der Waals surface area contributed by atoms with Crippen LogP contribution in [0, 0.1) is 14.9 Å². The number of nitro benzene ring substituents is 1. The fraction of sp³-hybridized carbons (Fsp3) is 0.0870. The summed E-state index contributed by atoms with van der Waals surface area (Å²) in [7, 11) is 1.53. The van der Waals surface area contributed by atoms with E-state index >= 15 is 0 Å². The van der Waals surface area contributed by atoms with Gasteiger partial charge >= 0.3 is 0 Å². The van der Waals surface area contributed by atoms with Crippen LogP contribution >= 0.6 is 28.1 Å². The highest BCUT2D eigenvalue weighted by Gasteiger charge is 2.13. The maximum atomic E-state index is 11.0. The third-order valence-corrected chi connectivity index (χ3v) is 5.61. The summed E-state index contributed by atoms with van der Waals surface area (Å²) in [6, 6.07) is 19.5. The molecule has 34 heavy (non-hydrogen) atoms. The summed E-state index contributed by atoms with van der Waals surface area (Å²) >= 11 is 8.84. The Morgan fingerprint density at radius 3 is 2.74 bits per heavy atom. The Labute approximate surface area is 207 Å². The Morgan fingerprint density at radius 1 is 1.21 bits per heavy atom. The molecule has 0 atom stereocenters. The fourth-order valence-corrected chi connectivity index (χ4v) is 3.92. The Kier molecular flexibility index (Phi) is 7.14. The van der Waals surface area contributed by atoms with Crippen molar-refractivity contribution in [1.29, 1.82) is 0 Å². The topological polar surface area (TPSA) is 108 Å². The Morgan fingerprint density at radius 2 is 2.00 bits per heavy atom. The van der Waals surface area contributed by atoms with E-state index in [1.165, 1.54) is 23.9 Å². The second-order valence-electron chi connectivity index (χ2n) is 7.02. The van der Waals surface area contributed by atoms with E-state index in [2.05, 4.69) is 31.2 Å². The first-order valence-electron chi connectivity index (χ1n) is 9.97. The lowest BCUT2D eigenvalue weighted by Crippen LogP contribution is -2.01. The van der Waals surface area contributed by atoms with Gasteiger partial charge in [-0.25, -0.2) is 5.10 Å². The number of halogens is 1. The molecule has 4 aromatic rings. The van der Waals surface area contributed by atoms with Crippen LogP contribution in [0.5, 0.6) is 11.5 Å². The molecule has 0 bridgehead atoms. The van der Waals surface area contributed by atoms with Crippen molar-refractivity contribution in [2.75, 3.05) is 7.11 Å². The standard InChI is InChI=1S/C23H18BrN5O4S/c1-32-20-12-16(13-25-28-22(26-27-23(28)34)17-7-3-2-4-8-17)11-19(24)21(20)33-14-15-6-5-9-18(10-15)29(30)31/h2-13H,14H2,1H3,(H,27,34)/b25-13-. The molecule has 1 aromatic heterocycles. The van der Waals surface area contributed by atoms with Crippen LogP contribution in [0.25, 0.3) is 11.4 Å². The molecule has 0 aliphatic rings. The quantitative estimate of drug-likeness (QED) is 0.132. The van der Waals surface area contributed by atoms with E-state index in [0.717, 1.165) is 11.1 Å². The summed E-state index contributed by atoms with van der Waals surface area (Å²) in [4.78, 5) is 10.6. The lowest BCUT2D eigenvalue weighted by Gasteiger charge is -2.13. The molecule has 0 aliphatic carbocycles. The van der Waals surface area contributed by atoms with Crippen molar-refractivity contribution in [3.63, 3.8) is 0 Å². The van der Waals surface area contributed by atoms with Crippen molar-refractivity contribution in [1.82, 2.24) is 14.9 Å². The second-order valence-corrected chi connectivity index (χ2v) is 8.27. The van der Waals surface area contributed by atoms with Gasteiger partial charge in [0.1, 0.15) is 6.61 Å². The number of benzene rings is 3. The van der Waals surface area contributed by atoms with Crippen molar-refractivity contribution in [3.05, 3.63) is 97.2 Å². The molecule has 0 fully saturated rings. The van der Waals surface area contributed by atoms with Crippen molar-refractivity contribution in [2.45, 2.75) is 6.61 Å². The first kappa shape index (κ1) is 23.3. The zero-order valence-corrected chi connectivity index (χ0v) is 20.2. The first-order chi connectivity index (χ1) is 16.5. The van der Waals surface area contributed by atoms with Gasteiger partial charge in [-0.3, -0.25) is 10.1 Å². The Bertz CT molecular complexity index is 1420. The summed E-state index contributed by atoms with van der Waals surface area (Å²) in [5, 5.41) is 22.5. The van der Waals surface area contributed by atoms with E-state index < -0.39 is 4.92 Å². The highest BCUT2D eigenvalue weighted by Crippen LogP contribution is 2.37. The van der Waals surface area contributed by atoms with E-state index in [-0.39, 0.29) is 12.3 Å². The minimum Gasteiger partial charge on any atom is -0.493 e. The number of non-ortho nitro benzene ring substituents is 1. The van der Waals surface area contributed by atoms with Crippen LogP contribution in [0.3, 0.4) is 0 Å². The summed E-state index contributed by atoms with van der Waals surface area (Å²) in [6.45, 7) is 0.134. The molecule has 1 heterocycles. The van der Waals surface area contributed by atoms with E-state index in [1.807, 2.05) is 36.4 Å². The molecule has 11 heteroatoms. The van der Waals surface area contributed by atoms with E-state index in [4.69, 9.17) is 21.7 Å². The van der Waals surface area contributed by atoms with Crippen molar-refractivity contribution in [2.24, 2.45) is 5.10 Å². The molecule has 0 radical (unpaired) electrons. The van der Waals surface area contributed by atoms with Gasteiger partial charge in [-0.05, 0) is 51.4 Å². The maximum absolute atomic E-state index is 11.0. The molecule has 1 N–H and O–H groups in total. The molecular weight excluding hydrogens is 522 g/mol. The van der Waals surface area contributed by atoms with Gasteiger partial charge in [0.2, 0.25) is 4.77 Å². The zero-order valence-electron chi connectivity index (χ0n) is 17.8. The number of hydrogen-bond donors (Lipinski definition) is 1. The van der Waals surface area contributed by atoms with Gasteiger partial charge < -0.3 is 9.47 Å². The number of rotatable bonds is 8. The number of nitrogens with one attached hydrogen (secondary N) is 1. The van der Waals surface area contributed by atoms with Crippen LogP contribution in [-0.4, -0.2) is 33.1 Å². The SMILES string of the molecule is COc1cc(/C=N\n2c(-c3ccccc3)n[nH]c2=S)cc(Br)c1OCc1cccc([N+](=O)[O-])c1. The molecule has 0 unspecified atom stereocenters. The molecule has 172 valence electrons. The maximum Gasteiger partial charge on any atom is 0.269 e. The van der Waals surface area contributed by atoms with Gasteiger partial charge in [-0.1, -0.05) is 42.5 Å². The highest BCUT2D eigenvalue weighted by molar-refractivity contribution is 9.10. The lowest BCUT2D eigenvalue weighted by molar-refractivity contribution is -0.384. The molecule has 0 saturated carbocycles. The van der Waals surface area contributed by atoms with Crippen LogP contribution in [0.4, 0.5) is 5.69 Å². The number of nitrogens with zero attached hydrogens (tertiary/aromatic N) is 4. The molecule has 4 rings (SSSR count). The van der Waals surface area contributed by atoms with Crippen LogP contribution < -0.4 is 9.47 Å². The Balaban J connectivity index is 1.58. The molecular formula is C23H18BrN5O4S. The molecule has 0 saturated heterocycles. The Hall–Kier alpha value is -3.83. The monoisotopic (exact) mass is 539 g/mol. The second kappa shape index (κ2) is 10.4. The zero-order chi connectivity index (χ0) is 24.1. The van der Waals surface area contributed by atoms with Gasteiger partial charge in [-0.15, -0.1) is 0 Å². The third kappa shape index (κ3) is 5.21. The number of aromatic nitrogens is 3. The predicted octanol–water partition coefficient (Wildman–Crippen LogP) is 5.75. The molecule has 0 amide bonds. The summed E-state index contributed by atoms with van der Waals surface area (Å²) in [5.74, 6) is 1.53. The minimum atomic E-state index is -0.441. The van der Waals surface area contributed by atoms with Crippen LogP contribution in [-0.2, 0) is 6.61 Å². The van der Waals surface area contributed by atoms with Gasteiger partial charge in [0, 0.05) is 17.7 Å². The van der Waals surface area contributed by atoms with Crippen LogP contribution in [0.15, 0.2) is 76.3 Å². The summed E-state index contributed by atoms with van der Waals surface area (Å²) in [5.41, 5.74) is 2.27. The highest BCUT2D eigenvalue weighted by atomic mass is 79.9. The minimum absolute atomic E-state index is 0.00594. The van der Waals surface area contributed by atoms with Crippen molar-refractivity contribution < 1.29 is 14.4 Å². The largest absolute Gasteiger partial charge is 0.493 e. The number of methoxy groups -OCH3 is 1. The van der Waals surface area contributed by atoms with Crippen molar-refractivity contribution >= 4 is 40.0 Å². The molecule has 3 aromatic carbocycles. The molecule has 0 aliphatic heterocycles. The van der Waals surface area contributed by atoms with E-state index in [1.54, 1.807) is 24.4 Å². The average molecular weight is 540 g/mol.